The van der Waals surface area contributed by atoms with Crippen molar-refractivity contribution in [2.45, 2.75) is 65.0 Å². The molecule has 92 valence electrons. The third kappa shape index (κ3) is 3.97. The Hall–Kier alpha value is -0.830. The van der Waals surface area contributed by atoms with Crippen molar-refractivity contribution in [3.05, 3.63) is 18.2 Å². The molecule has 1 atom stereocenters. The first-order chi connectivity index (χ1) is 7.79. The number of rotatable bonds is 8. The van der Waals surface area contributed by atoms with E-state index in [-0.39, 0.29) is 6.10 Å². The van der Waals surface area contributed by atoms with E-state index in [2.05, 4.69) is 18.8 Å². The molecule has 1 rings (SSSR count). The summed E-state index contributed by atoms with van der Waals surface area (Å²) < 4.78 is 2.01. The highest BCUT2D eigenvalue weighted by Crippen LogP contribution is 2.19. The molecule has 1 N–H and O–H groups in total. The molecule has 1 heterocycles. The third-order valence-corrected chi connectivity index (χ3v) is 3.01. The molecule has 1 aromatic heterocycles. The topological polar surface area (TPSA) is 38.1 Å². The van der Waals surface area contributed by atoms with Crippen LogP contribution in [0.2, 0.25) is 0 Å². The molecule has 0 saturated heterocycles. The smallest absolute Gasteiger partial charge is 0.0955 e. The lowest BCUT2D eigenvalue weighted by Gasteiger charge is -2.12. The van der Waals surface area contributed by atoms with Crippen molar-refractivity contribution in [3.8, 4) is 0 Å². The molecule has 3 heteroatoms. The maximum absolute atomic E-state index is 10.0. The number of aliphatic hydroxyl groups is 1. The first kappa shape index (κ1) is 13.2. The minimum absolute atomic E-state index is 0.343. The van der Waals surface area contributed by atoms with Crippen molar-refractivity contribution >= 4 is 0 Å². The number of aromatic nitrogens is 2. The Labute approximate surface area is 98.5 Å². The number of hydrogen-bond donors (Lipinski definition) is 1. The van der Waals surface area contributed by atoms with Crippen LogP contribution < -0.4 is 0 Å². The van der Waals surface area contributed by atoms with Gasteiger partial charge in [-0.3, -0.25) is 0 Å². The van der Waals surface area contributed by atoms with Gasteiger partial charge in [0, 0.05) is 6.54 Å². The van der Waals surface area contributed by atoms with Crippen LogP contribution in [-0.2, 0) is 6.54 Å². The largest absolute Gasteiger partial charge is 0.387 e. The van der Waals surface area contributed by atoms with E-state index in [1.165, 1.54) is 25.7 Å². The molecule has 16 heavy (non-hydrogen) atoms. The summed E-state index contributed by atoms with van der Waals surface area (Å²) in [6, 6.07) is 0. The lowest BCUT2D eigenvalue weighted by Crippen LogP contribution is -2.05. The Bertz CT molecular complexity index is 283. The SMILES string of the molecule is CCCCCCCC(O)c1cncn1CC. The molecule has 1 unspecified atom stereocenters. The Kier molecular flexibility index (Phi) is 6.16. The van der Waals surface area contributed by atoms with Crippen LogP contribution in [0.3, 0.4) is 0 Å². The van der Waals surface area contributed by atoms with Crippen molar-refractivity contribution in [3.63, 3.8) is 0 Å². The van der Waals surface area contributed by atoms with Crippen LogP contribution in [0.5, 0.6) is 0 Å². The lowest BCUT2D eigenvalue weighted by molar-refractivity contribution is 0.154. The van der Waals surface area contributed by atoms with E-state index >= 15 is 0 Å². The van der Waals surface area contributed by atoms with Crippen molar-refractivity contribution < 1.29 is 5.11 Å². The van der Waals surface area contributed by atoms with Gasteiger partial charge in [-0.15, -0.1) is 0 Å². The van der Waals surface area contributed by atoms with Crippen LogP contribution in [0, 0.1) is 0 Å². The van der Waals surface area contributed by atoms with Gasteiger partial charge in [-0.1, -0.05) is 39.0 Å². The molecular formula is C13H24N2O. The van der Waals surface area contributed by atoms with Crippen molar-refractivity contribution in [2.24, 2.45) is 0 Å². The molecule has 1 aromatic rings. The van der Waals surface area contributed by atoms with Crippen LogP contribution in [0.25, 0.3) is 0 Å². The highest BCUT2D eigenvalue weighted by atomic mass is 16.3. The Balaban J connectivity index is 2.27. The van der Waals surface area contributed by atoms with Gasteiger partial charge in [0.2, 0.25) is 0 Å². The molecule has 0 amide bonds. The normalized spacial score (nSPS) is 12.9. The lowest BCUT2D eigenvalue weighted by atomic mass is 10.1. The molecule has 0 aliphatic rings. The van der Waals surface area contributed by atoms with E-state index in [1.807, 2.05) is 4.57 Å². The van der Waals surface area contributed by atoms with Gasteiger partial charge >= 0.3 is 0 Å². The summed E-state index contributed by atoms with van der Waals surface area (Å²) in [7, 11) is 0. The molecule has 0 fully saturated rings. The average molecular weight is 224 g/mol. The fourth-order valence-electron chi connectivity index (χ4n) is 1.96. The predicted octanol–water partition coefficient (Wildman–Crippen LogP) is 3.30. The zero-order chi connectivity index (χ0) is 11.8. The Morgan fingerprint density at radius 2 is 2.00 bits per heavy atom. The van der Waals surface area contributed by atoms with Gasteiger partial charge in [0.05, 0.1) is 24.3 Å². The van der Waals surface area contributed by atoms with E-state index in [9.17, 15) is 5.11 Å². The summed E-state index contributed by atoms with van der Waals surface area (Å²) in [5, 5.41) is 10.0. The van der Waals surface area contributed by atoms with E-state index in [1.54, 1.807) is 12.5 Å². The van der Waals surface area contributed by atoms with Crippen LogP contribution in [0.15, 0.2) is 12.5 Å². The Morgan fingerprint density at radius 1 is 1.25 bits per heavy atom. The van der Waals surface area contributed by atoms with E-state index < -0.39 is 0 Å². The summed E-state index contributed by atoms with van der Waals surface area (Å²) >= 11 is 0. The number of imidazole rings is 1. The van der Waals surface area contributed by atoms with E-state index in [4.69, 9.17) is 0 Å². The highest BCUT2D eigenvalue weighted by Gasteiger charge is 2.11. The molecule has 0 spiro atoms. The van der Waals surface area contributed by atoms with Crippen molar-refractivity contribution in [1.82, 2.24) is 9.55 Å². The fraction of sp³-hybridized carbons (Fsp3) is 0.769. The van der Waals surface area contributed by atoms with Crippen LogP contribution in [0.1, 0.15) is 64.2 Å². The quantitative estimate of drug-likeness (QED) is 0.688. The van der Waals surface area contributed by atoms with Crippen LogP contribution in [0.4, 0.5) is 0 Å². The van der Waals surface area contributed by atoms with E-state index in [0.29, 0.717) is 0 Å². The van der Waals surface area contributed by atoms with Gasteiger partial charge in [-0.2, -0.15) is 0 Å². The molecule has 0 radical (unpaired) electrons. The molecule has 3 nitrogen and oxygen atoms in total. The maximum atomic E-state index is 10.0. The Morgan fingerprint density at radius 3 is 2.69 bits per heavy atom. The molecule has 0 aromatic carbocycles. The highest BCUT2D eigenvalue weighted by molar-refractivity contribution is 5.02. The van der Waals surface area contributed by atoms with Gasteiger partial charge < -0.3 is 9.67 Å². The molecule has 0 saturated carbocycles. The minimum atomic E-state index is -0.343. The maximum Gasteiger partial charge on any atom is 0.0955 e. The van der Waals surface area contributed by atoms with Crippen molar-refractivity contribution in [2.75, 3.05) is 0 Å². The second-order valence-electron chi connectivity index (χ2n) is 4.32. The summed E-state index contributed by atoms with van der Waals surface area (Å²) in [6.07, 6.45) is 10.3. The fourth-order valence-corrected chi connectivity index (χ4v) is 1.96. The first-order valence-corrected chi connectivity index (χ1v) is 6.47. The van der Waals surface area contributed by atoms with E-state index in [0.717, 1.165) is 25.1 Å². The number of unbranched alkanes of at least 4 members (excludes halogenated alkanes) is 4. The van der Waals surface area contributed by atoms with Gasteiger partial charge in [0.15, 0.2) is 0 Å². The van der Waals surface area contributed by atoms with Gasteiger partial charge in [-0.05, 0) is 13.3 Å². The standard InChI is InChI=1S/C13H24N2O/c1-3-5-6-7-8-9-13(16)12-10-14-11-15(12)4-2/h10-11,13,16H,3-9H2,1-2H3. The van der Waals surface area contributed by atoms with Crippen molar-refractivity contribution in [1.29, 1.82) is 0 Å². The summed E-state index contributed by atoms with van der Waals surface area (Å²) in [5.41, 5.74) is 0.956. The summed E-state index contributed by atoms with van der Waals surface area (Å²) in [6.45, 7) is 5.16. The second kappa shape index (κ2) is 7.44. The molecule has 0 aliphatic heterocycles. The number of nitrogens with zero attached hydrogens (tertiary/aromatic N) is 2. The summed E-state index contributed by atoms with van der Waals surface area (Å²) in [5.74, 6) is 0. The molecule has 0 bridgehead atoms. The zero-order valence-corrected chi connectivity index (χ0v) is 10.5. The van der Waals surface area contributed by atoms with Gasteiger partial charge in [-0.25, -0.2) is 4.98 Å². The molecule has 0 aliphatic carbocycles. The first-order valence-electron chi connectivity index (χ1n) is 6.47. The second-order valence-corrected chi connectivity index (χ2v) is 4.32. The monoisotopic (exact) mass is 224 g/mol. The number of aliphatic hydroxyl groups excluding tert-OH is 1. The number of hydrogen-bond acceptors (Lipinski definition) is 2. The van der Waals surface area contributed by atoms with Crippen LogP contribution >= 0.6 is 0 Å². The molecular weight excluding hydrogens is 200 g/mol. The summed E-state index contributed by atoms with van der Waals surface area (Å²) in [4.78, 5) is 4.07. The third-order valence-electron chi connectivity index (χ3n) is 3.01. The average Bonchev–Trinajstić information content (AvgIpc) is 2.76. The zero-order valence-electron chi connectivity index (χ0n) is 10.5. The van der Waals surface area contributed by atoms with Gasteiger partial charge in [0.1, 0.15) is 0 Å². The van der Waals surface area contributed by atoms with Crippen LogP contribution in [-0.4, -0.2) is 14.7 Å². The minimum Gasteiger partial charge on any atom is -0.387 e. The number of aryl methyl sites for hydroxylation is 1. The van der Waals surface area contributed by atoms with Gasteiger partial charge in [0.25, 0.3) is 0 Å². The predicted molar refractivity (Wildman–Crippen MR) is 66.2 cm³/mol.